The molecule has 7 heteroatoms. The molecule has 0 radical (unpaired) electrons. The molecule has 16 heavy (non-hydrogen) atoms. The Balaban J connectivity index is 2.34. The lowest BCUT2D eigenvalue weighted by molar-refractivity contribution is 0.250. The van der Waals surface area contributed by atoms with Gasteiger partial charge in [-0.2, -0.15) is 4.31 Å². The van der Waals surface area contributed by atoms with Crippen molar-refractivity contribution in [1.82, 2.24) is 9.29 Å². The molecule has 0 bridgehead atoms. The summed E-state index contributed by atoms with van der Waals surface area (Å²) in [6.45, 7) is 1.67. The summed E-state index contributed by atoms with van der Waals surface area (Å²) in [6, 6.07) is 0.144. The van der Waals surface area contributed by atoms with E-state index < -0.39 is 10.0 Å². The molecule has 2 rings (SSSR count). The highest BCUT2D eigenvalue weighted by Gasteiger charge is 2.34. The zero-order chi connectivity index (χ0) is 11.9. The topological polar surface area (TPSA) is 50.3 Å². The van der Waals surface area contributed by atoms with Crippen LogP contribution in [0.2, 0.25) is 4.47 Å². The first-order valence-electron chi connectivity index (χ1n) is 5.04. The van der Waals surface area contributed by atoms with Crippen LogP contribution in [0.3, 0.4) is 0 Å². The van der Waals surface area contributed by atoms with Crippen molar-refractivity contribution in [1.29, 1.82) is 0 Å². The normalized spacial score (nSPS) is 17.8. The van der Waals surface area contributed by atoms with Gasteiger partial charge in [0, 0.05) is 13.1 Å². The molecule has 90 valence electrons. The first-order chi connectivity index (χ1) is 7.43. The highest BCUT2D eigenvalue weighted by molar-refractivity contribution is 7.91. The van der Waals surface area contributed by atoms with Gasteiger partial charge >= 0.3 is 0 Å². The Hall–Kier alpha value is -0.170. The first-order valence-corrected chi connectivity index (χ1v) is 7.67. The molecule has 0 aromatic carbocycles. The fraction of sp³-hybridized carbons (Fsp3) is 0.667. The third kappa shape index (κ3) is 1.99. The van der Waals surface area contributed by atoms with E-state index in [2.05, 4.69) is 4.98 Å². The molecule has 0 aliphatic heterocycles. The summed E-state index contributed by atoms with van der Waals surface area (Å²) in [6.07, 6.45) is 3.00. The quantitative estimate of drug-likeness (QED) is 0.853. The predicted octanol–water partition coefficient (Wildman–Crippen LogP) is 2.28. The van der Waals surface area contributed by atoms with E-state index in [4.69, 9.17) is 11.6 Å². The average Bonchev–Trinajstić information content (AvgIpc) is 2.42. The second kappa shape index (κ2) is 4.25. The zero-order valence-electron chi connectivity index (χ0n) is 9.10. The minimum absolute atomic E-state index is 0.144. The SMILES string of the molecule is Cc1nc(Cl)sc1S(=O)(=O)N(C)C1CCC1. The molecule has 1 aromatic heterocycles. The molecule has 0 amide bonds. The molecule has 0 saturated heterocycles. The summed E-state index contributed by atoms with van der Waals surface area (Å²) in [5.41, 5.74) is 0.487. The molecule has 0 atom stereocenters. The Morgan fingerprint density at radius 1 is 1.50 bits per heavy atom. The molecule has 0 spiro atoms. The highest BCUT2D eigenvalue weighted by atomic mass is 35.5. The van der Waals surface area contributed by atoms with Crippen LogP contribution < -0.4 is 0 Å². The summed E-state index contributed by atoms with van der Waals surface area (Å²) < 4.78 is 26.5. The summed E-state index contributed by atoms with van der Waals surface area (Å²) in [7, 11) is -1.77. The maximum atomic E-state index is 12.2. The average molecular weight is 281 g/mol. The Kier molecular flexibility index (Phi) is 3.27. The number of hydrogen-bond acceptors (Lipinski definition) is 4. The van der Waals surface area contributed by atoms with Crippen LogP contribution in [0.25, 0.3) is 0 Å². The lowest BCUT2D eigenvalue weighted by Crippen LogP contribution is -2.41. The highest BCUT2D eigenvalue weighted by Crippen LogP contribution is 2.33. The van der Waals surface area contributed by atoms with Crippen molar-refractivity contribution in [2.45, 2.75) is 36.4 Å². The third-order valence-electron chi connectivity index (χ3n) is 2.93. The molecule has 1 aromatic rings. The van der Waals surface area contributed by atoms with Gasteiger partial charge < -0.3 is 0 Å². The lowest BCUT2D eigenvalue weighted by Gasteiger charge is -2.33. The van der Waals surface area contributed by atoms with Gasteiger partial charge in [0.15, 0.2) is 8.68 Å². The second-order valence-corrected chi connectivity index (χ2v) is 7.72. The van der Waals surface area contributed by atoms with Gasteiger partial charge in [-0.25, -0.2) is 13.4 Å². The molecule has 4 nitrogen and oxygen atoms in total. The monoisotopic (exact) mass is 280 g/mol. The molecule has 1 aliphatic carbocycles. The molecule has 1 heterocycles. The minimum atomic E-state index is -3.40. The van der Waals surface area contributed by atoms with Gasteiger partial charge in [0.05, 0.1) is 5.69 Å². The van der Waals surface area contributed by atoms with Crippen LogP contribution in [0.1, 0.15) is 25.0 Å². The smallest absolute Gasteiger partial charge is 0.229 e. The number of hydrogen-bond donors (Lipinski definition) is 0. The summed E-state index contributed by atoms with van der Waals surface area (Å²) in [4.78, 5) is 3.94. The molecule has 0 unspecified atom stereocenters. The van der Waals surface area contributed by atoms with Crippen molar-refractivity contribution in [3.63, 3.8) is 0 Å². The largest absolute Gasteiger partial charge is 0.254 e. The van der Waals surface area contributed by atoms with Crippen LogP contribution in [0, 0.1) is 6.92 Å². The van der Waals surface area contributed by atoms with Crippen molar-refractivity contribution >= 4 is 33.0 Å². The van der Waals surface area contributed by atoms with Crippen LogP contribution in [-0.2, 0) is 10.0 Å². The fourth-order valence-corrected chi connectivity index (χ4v) is 4.99. The van der Waals surface area contributed by atoms with E-state index in [-0.39, 0.29) is 14.7 Å². The minimum Gasteiger partial charge on any atom is -0.229 e. The van der Waals surface area contributed by atoms with E-state index in [0.29, 0.717) is 5.69 Å². The number of sulfonamides is 1. The van der Waals surface area contributed by atoms with Crippen LogP contribution in [0.5, 0.6) is 0 Å². The predicted molar refractivity (Wildman–Crippen MR) is 64.4 cm³/mol. The molecule has 0 N–H and O–H groups in total. The van der Waals surface area contributed by atoms with E-state index in [0.717, 1.165) is 30.6 Å². The van der Waals surface area contributed by atoms with Crippen LogP contribution in [0.4, 0.5) is 0 Å². The molecular formula is C9H13ClN2O2S2. The number of nitrogens with zero attached hydrogens (tertiary/aromatic N) is 2. The van der Waals surface area contributed by atoms with Gasteiger partial charge in [-0.05, 0) is 19.8 Å². The second-order valence-electron chi connectivity index (χ2n) is 3.95. The molecule has 1 fully saturated rings. The third-order valence-corrected chi connectivity index (χ3v) is 6.69. The van der Waals surface area contributed by atoms with Crippen molar-refractivity contribution in [2.24, 2.45) is 0 Å². The van der Waals surface area contributed by atoms with Gasteiger partial charge in [-0.15, -0.1) is 0 Å². The summed E-state index contributed by atoms with van der Waals surface area (Å²) in [5.74, 6) is 0. The Morgan fingerprint density at radius 3 is 2.50 bits per heavy atom. The number of rotatable bonds is 3. The Bertz CT molecular complexity index is 494. The number of thiazole rings is 1. The van der Waals surface area contributed by atoms with E-state index in [1.165, 1.54) is 4.31 Å². The van der Waals surface area contributed by atoms with E-state index in [1.54, 1.807) is 14.0 Å². The van der Waals surface area contributed by atoms with Crippen LogP contribution in [0.15, 0.2) is 4.21 Å². The van der Waals surface area contributed by atoms with E-state index in [1.807, 2.05) is 0 Å². The number of halogens is 1. The van der Waals surface area contributed by atoms with Gasteiger partial charge in [-0.1, -0.05) is 29.4 Å². The maximum absolute atomic E-state index is 12.2. The standard InChI is InChI=1S/C9H13ClN2O2S2/c1-6-8(15-9(10)11-6)16(13,14)12(2)7-4-3-5-7/h7H,3-5H2,1-2H3. The molecule has 1 saturated carbocycles. The first kappa shape index (κ1) is 12.3. The van der Waals surface area contributed by atoms with Gasteiger partial charge in [0.25, 0.3) is 10.0 Å². The van der Waals surface area contributed by atoms with Crippen LogP contribution in [-0.4, -0.2) is 30.8 Å². The van der Waals surface area contributed by atoms with Gasteiger partial charge in [0.2, 0.25) is 0 Å². The van der Waals surface area contributed by atoms with Crippen molar-refractivity contribution in [2.75, 3.05) is 7.05 Å². The van der Waals surface area contributed by atoms with E-state index >= 15 is 0 Å². The molecule has 1 aliphatic rings. The lowest BCUT2D eigenvalue weighted by atomic mass is 9.94. The summed E-state index contributed by atoms with van der Waals surface area (Å²) in [5, 5.41) is 0. The number of aromatic nitrogens is 1. The Morgan fingerprint density at radius 2 is 2.12 bits per heavy atom. The van der Waals surface area contributed by atoms with Gasteiger partial charge in [-0.3, -0.25) is 0 Å². The maximum Gasteiger partial charge on any atom is 0.254 e. The fourth-order valence-electron chi connectivity index (χ4n) is 1.67. The Labute approximate surface area is 104 Å². The van der Waals surface area contributed by atoms with Crippen molar-refractivity contribution in [3.05, 3.63) is 10.2 Å². The van der Waals surface area contributed by atoms with E-state index in [9.17, 15) is 8.42 Å². The summed E-state index contributed by atoms with van der Waals surface area (Å²) >= 11 is 6.75. The van der Waals surface area contributed by atoms with Crippen LogP contribution >= 0.6 is 22.9 Å². The van der Waals surface area contributed by atoms with Gasteiger partial charge in [0.1, 0.15) is 0 Å². The van der Waals surface area contributed by atoms with Crippen molar-refractivity contribution < 1.29 is 8.42 Å². The zero-order valence-corrected chi connectivity index (χ0v) is 11.5. The van der Waals surface area contributed by atoms with Crippen molar-refractivity contribution in [3.8, 4) is 0 Å². The molecular weight excluding hydrogens is 268 g/mol. The number of aryl methyl sites for hydroxylation is 1.